The SMILES string of the molecule is CCNC(=NCC(C)(C)c1cccc(C)c1)N1CCC(C(=O)OC)CC1. The van der Waals surface area contributed by atoms with Crippen molar-refractivity contribution in [3.05, 3.63) is 35.4 Å². The van der Waals surface area contributed by atoms with Gasteiger partial charge in [0.2, 0.25) is 0 Å². The van der Waals surface area contributed by atoms with Gasteiger partial charge in [-0.2, -0.15) is 0 Å². The average Bonchev–Trinajstić information content (AvgIpc) is 2.64. The van der Waals surface area contributed by atoms with Gasteiger partial charge in [0.05, 0.1) is 19.6 Å². The first-order valence-corrected chi connectivity index (χ1v) is 9.55. The number of piperidine rings is 1. The molecule has 0 atom stereocenters. The highest BCUT2D eigenvalue weighted by Gasteiger charge is 2.27. The van der Waals surface area contributed by atoms with Gasteiger partial charge >= 0.3 is 5.97 Å². The number of aliphatic imine (C=N–C) groups is 1. The van der Waals surface area contributed by atoms with Crippen molar-refractivity contribution in [2.45, 2.75) is 46.0 Å². The number of rotatable bonds is 5. The lowest BCUT2D eigenvalue weighted by molar-refractivity contribution is -0.146. The van der Waals surface area contributed by atoms with Gasteiger partial charge < -0.3 is 15.0 Å². The van der Waals surface area contributed by atoms with Crippen LogP contribution in [-0.4, -0.2) is 50.1 Å². The van der Waals surface area contributed by atoms with Crippen LogP contribution in [0.3, 0.4) is 0 Å². The number of methoxy groups -OCH3 is 1. The number of nitrogens with one attached hydrogen (secondary N) is 1. The normalized spacial score (nSPS) is 16.5. The molecule has 0 amide bonds. The van der Waals surface area contributed by atoms with Crippen molar-refractivity contribution in [2.24, 2.45) is 10.9 Å². The van der Waals surface area contributed by atoms with Gasteiger partial charge in [0.25, 0.3) is 0 Å². The zero-order chi connectivity index (χ0) is 19.2. The molecule has 1 fully saturated rings. The average molecular weight is 360 g/mol. The zero-order valence-electron chi connectivity index (χ0n) is 16.8. The van der Waals surface area contributed by atoms with Gasteiger partial charge in [-0.05, 0) is 32.3 Å². The second-order valence-electron chi connectivity index (χ2n) is 7.71. The third kappa shape index (κ3) is 5.23. The van der Waals surface area contributed by atoms with Crippen LogP contribution in [0.15, 0.2) is 29.3 Å². The summed E-state index contributed by atoms with van der Waals surface area (Å²) in [6, 6.07) is 8.65. The summed E-state index contributed by atoms with van der Waals surface area (Å²) in [4.78, 5) is 18.9. The number of hydrogen-bond donors (Lipinski definition) is 1. The lowest BCUT2D eigenvalue weighted by atomic mass is 9.84. The Labute approximate surface area is 157 Å². The molecule has 0 saturated carbocycles. The van der Waals surface area contributed by atoms with Crippen LogP contribution in [0.4, 0.5) is 0 Å². The van der Waals surface area contributed by atoms with Gasteiger partial charge in [-0.25, -0.2) is 0 Å². The number of benzene rings is 1. The van der Waals surface area contributed by atoms with E-state index >= 15 is 0 Å². The Morgan fingerprint density at radius 1 is 1.35 bits per heavy atom. The number of esters is 1. The highest BCUT2D eigenvalue weighted by molar-refractivity contribution is 5.80. The summed E-state index contributed by atoms with van der Waals surface area (Å²) >= 11 is 0. The number of ether oxygens (including phenoxy) is 1. The van der Waals surface area contributed by atoms with Crippen LogP contribution in [0.25, 0.3) is 0 Å². The molecule has 0 radical (unpaired) electrons. The topological polar surface area (TPSA) is 53.9 Å². The molecule has 1 heterocycles. The largest absolute Gasteiger partial charge is 0.469 e. The minimum atomic E-state index is -0.0906. The summed E-state index contributed by atoms with van der Waals surface area (Å²) in [6.07, 6.45) is 1.64. The lowest BCUT2D eigenvalue weighted by Gasteiger charge is -2.34. The molecule has 1 aromatic rings. The van der Waals surface area contributed by atoms with E-state index in [1.807, 2.05) is 0 Å². The minimum absolute atomic E-state index is 0.0165. The number of aryl methyl sites for hydroxylation is 1. The molecule has 1 N–H and O–H groups in total. The molecule has 1 aliphatic rings. The summed E-state index contributed by atoms with van der Waals surface area (Å²) in [6.45, 7) is 11.9. The number of nitrogens with zero attached hydrogens (tertiary/aromatic N) is 2. The molecule has 1 aliphatic heterocycles. The first-order valence-electron chi connectivity index (χ1n) is 9.55. The van der Waals surface area contributed by atoms with Crippen molar-refractivity contribution in [1.29, 1.82) is 0 Å². The van der Waals surface area contributed by atoms with Crippen molar-refractivity contribution in [3.63, 3.8) is 0 Å². The van der Waals surface area contributed by atoms with E-state index in [2.05, 4.69) is 62.2 Å². The number of hydrogen-bond acceptors (Lipinski definition) is 3. The van der Waals surface area contributed by atoms with Crippen molar-refractivity contribution in [3.8, 4) is 0 Å². The molecule has 0 aliphatic carbocycles. The van der Waals surface area contributed by atoms with E-state index < -0.39 is 0 Å². The molecule has 5 heteroatoms. The molecule has 1 aromatic carbocycles. The molecule has 0 aromatic heterocycles. The predicted octanol–water partition coefficient (Wildman–Crippen LogP) is 3.12. The highest BCUT2D eigenvalue weighted by atomic mass is 16.5. The maximum absolute atomic E-state index is 11.7. The first kappa shape index (κ1) is 20.3. The minimum Gasteiger partial charge on any atom is -0.469 e. The van der Waals surface area contributed by atoms with E-state index in [0.29, 0.717) is 0 Å². The van der Waals surface area contributed by atoms with Crippen LogP contribution in [0, 0.1) is 12.8 Å². The Balaban J connectivity index is 2.06. The van der Waals surface area contributed by atoms with Crippen molar-refractivity contribution >= 4 is 11.9 Å². The Kier molecular flexibility index (Phi) is 7.06. The summed E-state index contributed by atoms with van der Waals surface area (Å²) in [5.41, 5.74) is 2.55. The van der Waals surface area contributed by atoms with Gasteiger partial charge in [-0.3, -0.25) is 9.79 Å². The van der Waals surface area contributed by atoms with Crippen molar-refractivity contribution < 1.29 is 9.53 Å². The fourth-order valence-electron chi connectivity index (χ4n) is 3.35. The van der Waals surface area contributed by atoms with Crippen molar-refractivity contribution in [1.82, 2.24) is 10.2 Å². The fraction of sp³-hybridized carbons (Fsp3) is 0.619. The third-order valence-corrected chi connectivity index (χ3v) is 5.09. The maximum Gasteiger partial charge on any atom is 0.308 e. The molecule has 2 rings (SSSR count). The Bertz CT molecular complexity index is 632. The number of likely N-dealkylation sites (tertiary alicyclic amines) is 1. The van der Waals surface area contributed by atoms with Gasteiger partial charge in [0.15, 0.2) is 5.96 Å². The number of guanidine groups is 1. The molecular weight excluding hydrogens is 326 g/mol. The molecule has 144 valence electrons. The molecule has 0 bridgehead atoms. The standard InChI is InChI=1S/C21H33N3O2/c1-6-22-20(24-12-10-17(11-13-24)19(25)26-5)23-15-21(3,4)18-9-7-8-16(2)14-18/h7-9,14,17H,6,10-13,15H2,1-5H3,(H,22,23). The molecule has 0 unspecified atom stereocenters. The van der Waals surface area contributed by atoms with Gasteiger partial charge in [-0.1, -0.05) is 43.7 Å². The highest BCUT2D eigenvalue weighted by Crippen LogP contribution is 2.25. The monoisotopic (exact) mass is 359 g/mol. The van der Waals surface area contributed by atoms with E-state index in [4.69, 9.17) is 9.73 Å². The summed E-state index contributed by atoms with van der Waals surface area (Å²) in [5, 5.41) is 3.41. The van der Waals surface area contributed by atoms with Crippen LogP contribution in [0.2, 0.25) is 0 Å². The predicted molar refractivity (Wildman–Crippen MR) is 106 cm³/mol. The van der Waals surface area contributed by atoms with E-state index in [0.717, 1.165) is 45.0 Å². The number of carbonyl (C=O) groups excluding carboxylic acids is 1. The first-order chi connectivity index (χ1) is 12.4. The quantitative estimate of drug-likeness (QED) is 0.499. The molecule has 26 heavy (non-hydrogen) atoms. The number of carbonyl (C=O) groups is 1. The van der Waals surface area contributed by atoms with Gasteiger partial charge in [0.1, 0.15) is 0 Å². The molecule has 5 nitrogen and oxygen atoms in total. The summed E-state index contributed by atoms with van der Waals surface area (Å²) in [7, 11) is 1.47. The van der Waals surface area contributed by atoms with Crippen LogP contribution >= 0.6 is 0 Å². The molecule has 0 spiro atoms. The maximum atomic E-state index is 11.7. The lowest BCUT2D eigenvalue weighted by Crippen LogP contribution is -2.47. The van der Waals surface area contributed by atoms with Crippen LogP contribution < -0.4 is 5.32 Å². The van der Waals surface area contributed by atoms with E-state index in [1.54, 1.807) is 0 Å². The summed E-state index contributed by atoms with van der Waals surface area (Å²) in [5.74, 6) is 0.867. The van der Waals surface area contributed by atoms with E-state index in [1.165, 1.54) is 18.2 Å². The van der Waals surface area contributed by atoms with Crippen LogP contribution in [-0.2, 0) is 14.9 Å². The second-order valence-corrected chi connectivity index (χ2v) is 7.71. The van der Waals surface area contributed by atoms with Crippen LogP contribution in [0.5, 0.6) is 0 Å². The van der Waals surface area contributed by atoms with Gasteiger partial charge in [-0.15, -0.1) is 0 Å². The Hall–Kier alpha value is -2.04. The Morgan fingerprint density at radius 3 is 2.62 bits per heavy atom. The van der Waals surface area contributed by atoms with E-state index in [9.17, 15) is 4.79 Å². The Morgan fingerprint density at radius 2 is 2.04 bits per heavy atom. The third-order valence-electron chi connectivity index (χ3n) is 5.09. The van der Waals surface area contributed by atoms with Gasteiger partial charge in [0, 0.05) is 25.0 Å². The summed E-state index contributed by atoms with van der Waals surface area (Å²) < 4.78 is 4.88. The smallest absolute Gasteiger partial charge is 0.308 e. The fourth-order valence-corrected chi connectivity index (χ4v) is 3.35. The molecule has 1 saturated heterocycles. The van der Waals surface area contributed by atoms with E-state index in [-0.39, 0.29) is 17.3 Å². The molecular formula is C21H33N3O2. The second kappa shape index (κ2) is 9.06. The van der Waals surface area contributed by atoms with Crippen molar-refractivity contribution in [2.75, 3.05) is 33.3 Å². The zero-order valence-corrected chi connectivity index (χ0v) is 16.8. The van der Waals surface area contributed by atoms with Crippen LogP contribution in [0.1, 0.15) is 44.7 Å².